The molecule has 0 atom stereocenters. The third-order valence-electron chi connectivity index (χ3n) is 2.20. The summed E-state index contributed by atoms with van der Waals surface area (Å²) in [5.41, 5.74) is 2.89. The van der Waals surface area contributed by atoms with Crippen molar-refractivity contribution in [2.75, 3.05) is 0 Å². The molecule has 0 aliphatic carbocycles. The third kappa shape index (κ3) is 1.74. The van der Waals surface area contributed by atoms with Crippen molar-refractivity contribution in [3.05, 3.63) is 59.8 Å². The summed E-state index contributed by atoms with van der Waals surface area (Å²) in [5, 5.41) is 2.66. The van der Waals surface area contributed by atoms with Gasteiger partial charge in [0.25, 0.3) is 0 Å². The predicted molar refractivity (Wildman–Crippen MR) is 57.6 cm³/mol. The zero-order valence-corrected chi connectivity index (χ0v) is 7.79. The van der Waals surface area contributed by atoms with Crippen LogP contribution in [0, 0.1) is 0 Å². The van der Waals surface area contributed by atoms with Gasteiger partial charge in [-0.05, 0) is 17.6 Å². The van der Waals surface area contributed by atoms with Gasteiger partial charge in [-0.15, -0.1) is 0 Å². The smallest absolute Gasteiger partial charge is 0.248 e. The van der Waals surface area contributed by atoms with E-state index >= 15 is 0 Å². The van der Waals surface area contributed by atoms with E-state index < -0.39 is 0 Å². The standard InChI is InChI=1S/C12H11NO.H2/c1-9-11(8-12(14)13-9)7-10-5-3-2-4-6-10;/h2-6,8H,1,7H2,(H,13,14);1H. The number of hydrogen-bond donors (Lipinski definition) is 1. The molecule has 0 saturated carbocycles. The highest BCUT2D eigenvalue weighted by atomic mass is 16.1. The Kier molecular flexibility index (Phi) is 2.19. The van der Waals surface area contributed by atoms with Crippen molar-refractivity contribution in [1.82, 2.24) is 5.32 Å². The van der Waals surface area contributed by atoms with Gasteiger partial charge in [-0.1, -0.05) is 36.9 Å². The lowest BCUT2D eigenvalue weighted by atomic mass is 10.0. The summed E-state index contributed by atoms with van der Waals surface area (Å²) < 4.78 is 0. The van der Waals surface area contributed by atoms with Crippen molar-refractivity contribution in [2.24, 2.45) is 0 Å². The lowest BCUT2D eigenvalue weighted by molar-refractivity contribution is -0.115. The molecule has 0 bridgehead atoms. The molecule has 1 aliphatic rings. The second kappa shape index (κ2) is 3.50. The topological polar surface area (TPSA) is 29.1 Å². The number of nitrogens with one attached hydrogen (secondary N) is 1. The quantitative estimate of drug-likeness (QED) is 0.754. The van der Waals surface area contributed by atoms with E-state index in [1.807, 2.05) is 30.3 Å². The summed E-state index contributed by atoms with van der Waals surface area (Å²) in [4.78, 5) is 11.0. The highest BCUT2D eigenvalue weighted by molar-refractivity contribution is 5.94. The Morgan fingerprint density at radius 3 is 2.57 bits per heavy atom. The Morgan fingerprint density at radius 2 is 2.00 bits per heavy atom. The van der Waals surface area contributed by atoms with Crippen molar-refractivity contribution < 1.29 is 6.22 Å². The lowest BCUT2D eigenvalue weighted by Crippen LogP contribution is -2.12. The Bertz CT molecular complexity index is 409. The molecule has 1 aromatic carbocycles. The Labute approximate surface area is 84.4 Å². The normalized spacial score (nSPS) is 15.3. The van der Waals surface area contributed by atoms with E-state index in [9.17, 15) is 4.79 Å². The SMILES string of the molecule is C=C1NC(=O)C=C1Cc1ccccc1.[HH]. The third-order valence-corrected chi connectivity index (χ3v) is 2.20. The summed E-state index contributed by atoms with van der Waals surface area (Å²) in [7, 11) is 0. The van der Waals surface area contributed by atoms with Crippen molar-refractivity contribution in [1.29, 1.82) is 0 Å². The molecule has 72 valence electrons. The summed E-state index contributed by atoms with van der Waals surface area (Å²) in [6.45, 7) is 3.78. The first-order valence-electron chi connectivity index (χ1n) is 4.50. The fourth-order valence-electron chi connectivity index (χ4n) is 1.48. The summed E-state index contributed by atoms with van der Waals surface area (Å²) in [6.07, 6.45) is 2.37. The van der Waals surface area contributed by atoms with Gasteiger partial charge < -0.3 is 5.32 Å². The Hall–Kier alpha value is -1.83. The van der Waals surface area contributed by atoms with Crippen LogP contribution in [-0.2, 0) is 11.2 Å². The Balaban J connectivity index is 0.00000112. The first kappa shape index (κ1) is 8.75. The second-order valence-electron chi connectivity index (χ2n) is 3.30. The monoisotopic (exact) mass is 187 g/mol. The molecular formula is C12H13NO. The van der Waals surface area contributed by atoms with E-state index in [1.54, 1.807) is 6.08 Å². The second-order valence-corrected chi connectivity index (χ2v) is 3.30. The molecule has 1 aliphatic heterocycles. The summed E-state index contributed by atoms with van der Waals surface area (Å²) in [5.74, 6) is -0.0686. The van der Waals surface area contributed by atoms with E-state index in [0.717, 1.165) is 17.7 Å². The molecule has 0 unspecified atom stereocenters. The number of rotatable bonds is 2. The van der Waals surface area contributed by atoms with Crippen molar-refractivity contribution >= 4 is 5.91 Å². The molecule has 2 nitrogen and oxygen atoms in total. The highest BCUT2D eigenvalue weighted by Gasteiger charge is 2.14. The molecule has 0 fully saturated rings. The molecule has 0 aromatic heterocycles. The van der Waals surface area contributed by atoms with E-state index in [2.05, 4.69) is 11.9 Å². The van der Waals surface area contributed by atoms with Gasteiger partial charge in [-0.25, -0.2) is 0 Å². The van der Waals surface area contributed by atoms with Crippen LogP contribution in [0.15, 0.2) is 54.3 Å². The number of hydrogen-bond acceptors (Lipinski definition) is 1. The molecule has 2 heteroatoms. The maximum absolute atomic E-state index is 11.0. The minimum atomic E-state index is -0.0686. The molecule has 0 spiro atoms. The van der Waals surface area contributed by atoms with Crippen molar-refractivity contribution in [3.8, 4) is 0 Å². The minimum absolute atomic E-state index is 0. The highest BCUT2D eigenvalue weighted by Crippen LogP contribution is 2.16. The van der Waals surface area contributed by atoms with Gasteiger partial charge in [0.2, 0.25) is 5.91 Å². The van der Waals surface area contributed by atoms with Gasteiger partial charge in [-0.2, -0.15) is 0 Å². The number of carbonyl (C=O) groups excluding carboxylic acids is 1. The number of amides is 1. The molecule has 0 radical (unpaired) electrons. The van der Waals surface area contributed by atoms with Gasteiger partial charge in [-0.3, -0.25) is 4.79 Å². The van der Waals surface area contributed by atoms with Gasteiger partial charge in [0.1, 0.15) is 0 Å². The fraction of sp³-hybridized carbons (Fsp3) is 0.0833. The molecule has 1 amide bonds. The largest absolute Gasteiger partial charge is 0.323 e. The van der Waals surface area contributed by atoms with E-state index in [1.165, 1.54) is 5.56 Å². The summed E-state index contributed by atoms with van der Waals surface area (Å²) >= 11 is 0. The van der Waals surface area contributed by atoms with Crippen LogP contribution in [0.3, 0.4) is 0 Å². The molecule has 1 heterocycles. The van der Waals surface area contributed by atoms with Crippen molar-refractivity contribution in [3.63, 3.8) is 0 Å². The van der Waals surface area contributed by atoms with Crippen LogP contribution >= 0.6 is 0 Å². The molecule has 1 N–H and O–H groups in total. The van der Waals surface area contributed by atoms with Crippen LogP contribution in [-0.4, -0.2) is 5.91 Å². The van der Waals surface area contributed by atoms with Gasteiger partial charge in [0, 0.05) is 13.2 Å². The predicted octanol–water partition coefficient (Wildman–Crippen LogP) is 2.04. The molecule has 2 rings (SSSR count). The van der Waals surface area contributed by atoms with Crippen LogP contribution in [0.4, 0.5) is 0 Å². The van der Waals surface area contributed by atoms with Crippen molar-refractivity contribution in [2.45, 2.75) is 6.42 Å². The van der Waals surface area contributed by atoms with Crippen LogP contribution < -0.4 is 5.32 Å². The van der Waals surface area contributed by atoms with Crippen LogP contribution in [0.1, 0.15) is 6.99 Å². The fourth-order valence-corrected chi connectivity index (χ4v) is 1.48. The maximum Gasteiger partial charge on any atom is 0.248 e. The van der Waals surface area contributed by atoms with Crippen LogP contribution in [0.2, 0.25) is 0 Å². The Morgan fingerprint density at radius 1 is 1.29 bits per heavy atom. The van der Waals surface area contributed by atoms with Gasteiger partial charge in [0.05, 0.1) is 0 Å². The van der Waals surface area contributed by atoms with E-state index in [4.69, 9.17) is 0 Å². The molecule has 14 heavy (non-hydrogen) atoms. The first-order valence-corrected chi connectivity index (χ1v) is 4.50. The lowest BCUT2D eigenvalue weighted by Gasteiger charge is -2.03. The average Bonchev–Trinajstić information content (AvgIpc) is 2.47. The summed E-state index contributed by atoms with van der Waals surface area (Å²) in [6, 6.07) is 10.0. The number of carbonyl (C=O) groups is 1. The van der Waals surface area contributed by atoms with E-state index in [-0.39, 0.29) is 7.33 Å². The first-order chi connectivity index (χ1) is 6.75. The zero-order chi connectivity index (χ0) is 9.97. The molecular weight excluding hydrogens is 174 g/mol. The molecule has 1 aromatic rings. The zero-order valence-electron chi connectivity index (χ0n) is 7.79. The van der Waals surface area contributed by atoms with Crippen LogP contribution in [0.25, 0.3) is 0 Å². The van der Waals surface area contributed by atoms with E-state index in [0.29, 0.717) is 0 Å². The minimum Gasteiger partial charge on any atom is -0.323 e. The van der Waals surface area contributed by atoms with Gasteiger partial charge >= 0.3 is 0 Å². The number of allylic oxidation sites excluding steroid dienone is 1. The van der Waals surface area contributed by atoms with Gasteiger partial charge in [0.15, 0.2) is 0 Å². The number of benzene rings is 1. The average molecular weight is 187 g/mol. The molecule has 0 saturated heterocycles. The van der Waals surface area contributed by atoms with Crippen LogP contribution in [0.5, 0.6) is 0 Å². The maximum atomic E-state index is 11.0.